The van der Waals surface area contributed by atoms with Gasteiger partial charge >= 0.3 is 0 Å². The first-order valence-electron chi connectivity index (χ1n) is 4.30. The molecule has 1 unspecified atom stereocenters. The van der Waals surface area contributed by atoms with Gasteiger partial charge in [-0.25, -0.2) is 8.42 Å². The predicted molar refractivity (Wildman–Crippen MR) is 50.8 cm³/mol. The second kappa shape index (κ2) is 3.05. The van der Waals surface area contributed by atoms with Gasteiger partial charge in [0.15, 0.2) is 6.23 Å². The quantitative estimate of drug-likeness (QED) is 0.695. The average Bonchev–Trinajstić information content (AvgIpc) is 2.84. The Morgan fingerprint density at radius 1 is 1.29 bits per heavy atom. The third-order valence-electron chi connectivity index (χ3n) is 2.06. The molecule has 1 saturated heterocycles. The summed E-state index contributed by atoms with van der Waals surface area (Å²) >= 11 is 0. The molecule has 1 aromatic carbocycles. The molecule has 76 valence electrons. The fraction of sp³-hybridized carbons (Fsp3) is 0.333. The van der Waals surface area contributed by atoms with Gasteiger partial charge in [0, 0.05) is 0 Å². The fourth-order valence-electron chi connectivity index (χ4n) is 1.19. The molecule has 1 heterocycles. The first-order chi connectivity index (χ1) is 6.51. The number of hydroxylamine groups is 1. The maximum absolute atomic E-state index is 11.7. The van der Waals surface area contributed by atoms with E-state index in [9.17, 15) is 8.42 Å². The Kier molecular flexibility index (Phi) is 2.10. The van der Waals surface area contributed by atoms with Gasteiger partial charge in [0.25, 0.3) is 10.0 Å². The summed E-state index contributed by atoms with van der Waals surface area (Å²) in [5.74, 6) is 0. The van der Waals surface area contributed by atoms with Crippen molar-refractivity contribution in [1.82, 2.24) is 4.47 Å². The molecule has 0 spiro atoms. The van der Waals surface area contributed by atoms with Gasteiger partial charge in [-0.15, -0.1) is 0 Å². The zero-order valence-electron chi connectivity index (χ0n) is 7.97. The highest BCUT2D eigenvalue weighted by Crippen LogP contribution is 2.29. The van der Waals surface area contributed by atoms with Crippen LogP contribution < -0.4 is 0 Å². The van der Waals surface area contributed by atoms with Crippen molar-refractivity contribution < 1.29 is 13.3 Å². The van der Waals surface area contributed by atoms with Crippen molar-refractivity contribution in [2.75, 3.05) is 0 Å². The van der Waals surface area contributed by atoms with Crippen molar-refractivity contribution in [3.8, 4) is 0 Å². The van der Waals surface area contributed by atoms with E-state index in [0.29, 0.717) is 0 Å². The molecule has 0 N–H and O–H groups in total. The molecule has 0 saturated carbocycles. The summed E-state index contributed by atoms with van der Waals surface area (Å²) in [5, 5.41) is 0. The van der Waals surface area contributed by atoms with Gasteiger partial charge in [0.1, 0.15) is 0 Å². The SMILES string of the molecule is Cc1ccc(S(=O)(=O)N2O[C@H]2C)cc1. The van der Waals surface area contributed by atoms with Gasteiger partial charge in [0.2, 0.25) is 0 Å². The molecule has 0 aromatic heterocycles. The summed E-state index contributed by atoms with van der Waals surface area (Å²) in [7, 11) is -3.42. The molecule has 1 aliphatic rings. The summed E-state index contributed by atoms with van der Waals surface area (Å²) in [6, 6.07) is 6.69. The van der Waals surface area contributed by atoms with E-state index in [1.807, 2.05) is 6.92 Å². The van der Waals surface area contributed by atoms with Crippen LogP contribution in [-0.4, -0.2) is 19.1 Å². The molecule has 0 radical (unpaired) electrons. The molecule has 0 amide bonds. The van der Waals surface area contributed by atoms with Crippen molar-refractivity contribution in [2.45, 2.75) is 25.0 Å². The molecular weight excluding hydrogens is 202 g/mol. The zero-order valence-corrected chi connectivity index (χ0v) is 8.78. The van der Waals surface area contributed by atoms with Crippen LogP contribution in [0.25, 0.3) is 0 Å². The molecule has 5 heteroatoms. The topological polar surface area (TPSA) is 49.7 Å². The lowest BCUT2D eigenvalue weighted by Gasteiger charge is -2.01. The lowest BCUT2D eigenvalue weighted by Crippen LogP contribution is -2.13. The van der Waals surface area contributed by atoms with Crippen LogP contribution in [0.5, 0.6) is 0 Å². The molecule has 0 aliphatic carbocycles. The van der Waals surface area contributed by atoms with Gasteiger partial charge in [-0.3, -0.25) is 4.84 Å². The van der Waals surface area contributed by atoms with Crippen LogP contribution in [0.3, 0.4) is 0 Å². The van der Waals surface area contributed by atoms with Crippen molar-refractivity contribution >= 4 is 10.0 Å². The number of sulfonamides is 1. The number of rotatable bonds is 2. The molecule has 0 bridgehead atoms. The highest BCUT2D eigenvalue weighted by molar-refractivity contribution is 7.89. The number of hydrogen-bond acceptors (Lipinski definition) is 3. The molecule has 1 aromatic rings. The minimum absolute atomic E-state index is 0.271. The molecule has 1 aliphatic heterocycles. The predicted octanol–water partition coefficient (Wildman–Crippen LogP) is 1.28. The maximum atomic E-state index is 11.7. The van der Waals surface area contributed by atoms with Crippen LogP contribution in [0.1, 0.15) is 12.5 Å². The van der Waals surface area contributed by atoms with E-state index in [4.69, 9.17) is 4.84 Å². The molecule has 1 fully saturated rings. The van der Waals surface area contributed by atoms with E-state index < -0.39 is 10.0 Å². The zero-order chi connectivity index (χ0) is 10.3. The molecule has 14 heavy (non-hydrogen) atoms. The Morgan fingerprint density at radius 3 is 2.21 bits per heavy atom. The molecule has 4 nitrogen and oxygen atoms in total. The van der Waals surface area contributed by atoms with Crippen LogP contribution in [0.2, 0.25) is 0 Å². The van der Waals surface area contributed by atoms with E-state index >= 15 is 0 Å². The second-order valence-corrected chi connectivity index (χ2v) is 5.06. The van der Waals surface area contributed by atoms with Crippen LogP contribution in [0.4, 0.5) is 0 Å². The minimum Gasteiger partial charge on any atom is -0.259 e. The summed E-state index contributed by atoms with van der Waals surface area (Å²) in [4.78, 5) is 5.08. The van der Waals surface area contributed by atoms with Gasteiger partial charge in [0.05, 0.1) is 4.90 Å². The lowest BCUT2D eigenvalue weighted by molar-refractivity contribution is 0.285. The van der Waals surface area contributed by atoms with E-state index in [0.717, 1.165) is 10.0 Å². The van der Waals surface area contributed by atoms with Gasteiger partial charge in [-0.2, -0.15) is 0 Å². The van der Waals surface area contributed by atoms with E-state index in [-0.39, 0.29) is 11.1 Å². The first kappa shape index (κ1) is 9.64. The van der Waals surface area contributed by atoms with Gasteiger partial charge in [-0.1, -0.05) is 17.7 Å². The first-order valence-corrected chi connectivity index (χ1v) is 5.74. The van der Waals surface area contributed by atoms with E-state index in [1.165, 1.54) is 0 Å². The number of hydrogen-bond donors (Lipinski definition) is 0. The maximum Gasteiger partial charge on any atom is 0.267 e. The fourth-order valence-corrected chi connectivity index (χ4v) is 2.51. The van der Waals surface area contributed by atoms with Crippen LogP contribution in [-0.2, 0) is 14.9 Å². The third kappa shape index (κ3) is 1.54. The summed E-state index contributed by atoms with van der Waals surface area (Å²) in [6.45, 7) is 3.60. The Labute approximate surface area is 83.1 Å². The van der Waals surface area contributed by atoms with Crippen LogP contribution in [0.15, 0.2) is 29.2 Å². The highest BCUT2D eigenvalue weighted by atomic mass is 32.2. The Morgan fingerprint density at radius 2 is 1.79 bits per heavy atom. The van der Waals surface area contributed by atoms with Crippen molar-refractivity contribution in [2.24, 2.45) is 0 Å². The summed E-state index contributed by atoms with van der Waals surface area (Å²) in [6.07, 6.45) is -0.332. The van der Waals surface area contributed by atoms with Crippen molar-refractivity contribution in [3.63, 3.8) is 0 Å². The van der Waals surface area contributed by atoms with Crippen molar-refractivity contribution in [3.05, 3.63) is 29.8 Å². The molecular formula is C9H11NO3S. The number of benzene rings is 1. The van der Waals surface area contributed by atoms with Gasteiger partial charge in [-0.05, 0) is 30.4 Å². The Bertz CT molecular complexity index is 438. The second-order valence-electron chi connectivity index (χ2n) is 3.28. The van der Waals surface area contributed by atoms with E-state index in [1.54, 1.807) is 31.2 Å². The lowest BCUT2D eigenvalue weighted by atomic mass is 10.2. The Balaban J connectivity index is 2.35. The number of aryl methyl sites for hydroxylation is 1. The van der Waals surface area contributed by atoms with Crippen molar-refractivity contribution in [1.29, 1.82) is 0 Å². The van der Waals surface area contributed by atoms with Gasteiger partial charge < -0.3 is 0 Å². The Hall–Kier alpha value is -0.910. The number of nitrogens with zero attached hydrogens (tertiary/aromatic N) is 1. The van der Waals surface area contributed by atoms with Crippen LogP contribution in [0, 0.1) is 6.92 Å². The third-order valence-corrected chi connectivity index (χ3v) is 3.79. The highest BCUT2D eigenvalue weighted by Gasteiger charge is 2.44. The normalized spacial score (nSPS) is 26.1. The monoisotopic (exact) mass is 213 g/mol. The smallest absolute Gasteiger partial charge is 0.259 e. The van der Waals surface area contributed by atoms with Crippen LogP contribution >= 0.6 is 0 Å². The standard InChI is InChI=1S/C9H11NO3S/c1-7-3-5-9(6-4-7)14(11,12)10-8(2)13-10/h3-6,8H,1-2H3/t8-,10?/m0/s1. The average molecular weight is 213 g/mol. The largest absolute Gasteiger partial charge is 0.267 e. The summed E-state index contributed by atoms with van der Waals surface area (Å²) < 4.78 is 24.4. The summed E-state index contributed by atoms with van der Waals surface area (Å²) in [5.41, 5.74) is 1.03. The molecule has 2 atom stereocenters. The van der Waals surface area contributed by atoms with E-state index in [2.05, 4.69) is 0 Å². The molecule has 2 rings (SSSR count). The minimum atomic E-state index is -3.42.